The van der Waals surface area contributed by atoms with Gasteiger partial charge in [-0.05, 0) is 24.0 Å². The maximum absolute atomic E-state index is 12.2. The molecular formula is C20H21N3O2. The molecule has 0 aliphatic rings. The van der Waals surface area contributed by atoms with E-state index in [1.807, 2.05) is 54.7 Å². The van der Waals surface area contributed by atoms with Gasteiger partial charge in [0, 0.05) is 12.6 Å². The first-order valence-electron chi connectivity index (χ1n) is 8.32. The van der Waals surface area contributed by atoms with Gasteiger partial charge in [0.15, 0.2) is 6.04 Å². The van der Waals surface area contributed by atoms with Crippen molar-refractivity contribution in [2.75, 3.05) is 7.11 Å². The molecule has 0 N–H and O–H groups in total. The summed E-state index contributed by atoms with van der Waals surface area (Å²) in [5, 5.41) is 8.38. The molecule has 1 aromatic heterocycles. The van der Waals surface area contributed by atoms with Crippen molar-refractivity contribution in [1.29, 1.82) is 0 Å². The van der Waals surface area contributed by atoms with Crippen molar-refractivity contribution in [3.63, 3.8) is 0 Å². The molecule has 2 aromatic carbocycles. The summed E-state index contributed by atoms with van der Waals surface area (Å²) in [6.07, 6.45) is 4.03. The van der Waals surface area contributed by atoms with Crippen molar-refractivity contribution in [2.24, 2.45) is 0 Å². The van der Waals surface area contributed by atoms with Gasteiger partial charge in [-0.15, -0.1) is 5.10 Å². The van der Waals surface area contributed by atoms with Crippen molar-refractivity contribution in [3.8, 4) is 0 Å². The van der Waals surface area contributed by atoms with E-state index in [0.29, 0.717) is 6.42 Å². The summed E-state index contributed by atoms with van der Waals surface area (Å²) in [6.45, 7) is 0. The highest BCUT2D eigenvalue weighted by atomic mass is 16.5. The third-order valence-corrected chi connectivity index (χ3v) is 4.13. The zero-order valence-electron chi connectivity index (χ0n) is 14.2. The van der Waals surface area contributed by atoms with Gasteiger partial charge in [0.2, 0.25) is 0 Å². The maximum atomic E-state index is 12.2. The minimum atomic E-state index is -0.509. The molecule has 0 aliphatic heterocycles. The molecule has 0 bridgehead atoms. The highest BCUT2D eigenvalue weighted by molar-refractivity contribution is 5.74. The van der Waals surface area contributed by atoms with Crippen LogP contribution in [0.2, 0.25) is 0 Å². The van der Waals surface area contributed by atoms with E-state index in [9.17, 15) is 4.79 Å². The Morgan fingerprint density at radius 2 is 1.64 bits per heavy atom. The molecule has 0 saturated carbocycles. The highest BCUT2D eigenvalue weighted by Crippen LogP contribution is 2.16. The van der Waals surface area contributed by atoms with E-state index in [-0.39, 0.29) is 5.97 Å². The molecule has 1 atom stereocenters. The highest BCUT2D eigenvalue weighted by Gasteiger charge is 2.23. The molecule has 0 unspecified atom stereocenters. The normalized spacial score (nSPS) is 11.9. The summed E-state index contributed by atoms with van der Waals surface area (Å²) < 4.78 is 6.56. The van der Waals surface area contributed by atoms with Gasteiger partial charge >= 0.3 is 5.97 Å². The lowest BCUT2D eigenvalue weighted by molar-refractivity contribution is -0.144. The number of carbonyl (C=O) groups is 1. The number of aromatic nitrogens is 3. The summed E-state index contributed by atoms with van der Waals surface area (Å²) in [5.74, 6) is -0.316. The average molecular weight is 335 g/mol. The van der Waals surface area contributed by atoms with Crippen LogP contribution in [0.4, 0.5) is 0 Å². The van der Waals surface area contributed by atoms with Gasteiger partial charge in [0.1, 0.15) is 0 Å². The zero-order valence-corrected chi connectivity index (χ0v) is 14.2. The predicted molar refractivity (Wildman–Crippen MR) is 95.1 cm³/mol. The predicted octanol–water partition coefficient (Wildman–Crippen LogP) is 3.02. The van der Waals surface area contributed by atoms with Gasteiger partial charge in [-0.1, -0.05) is 65.9 Å². The lowest BCUT2D eigenvalue weighted by Gasteiger charge is -2.14. The molecule has 0 aliphatic carbocycles. The summed E-state index contributed by atoms with van der Waals surface area (Å²) in [5.41, 5.74) is 3.18. The van der Waals surface area contributed by atoms with Gasteiger partial charge in [-0.25, -0.2) is 9.48 Å². The number of carbonyl (C=O) groups excluding carboxylic acids is 1. The molecule has 5 heteroatoms. The van der Waals surface area contributed by atoms with E-state index in [2.05, 4.69) is 22.4 Å². The summed E-state index contributed by atoms with van der Waals surface area (Å²) >= 11 is 0. The Labute approximate surface area is 147 Å². The van der Waals surface area contributed by atoms with Crippen LogP contribution in [0.25, 0.3) is 0 Å². The summed E-state index contributed by atoms with van der Waals surface area (Å²) in [7, 11) is 1.40. The number of nitrogens with zero attached hydrogens (tertiary/aromatic N) is 3. The Bertz CT molecular complexity index is 800. The molecule has 25 heavy (non-hydrogen) atoms. The van der Waals surface area contributed by atoms with E-state index in [1.165, 1.54) is 12.7 Å². The Kier molecular flexibility index (Phi) is 5.57. The van der Waals surface area contributed by atoms with Gasteiger partial charge in [0.25, 0.3) is 0 Å². The second-order valence-corrected chi connectivity index (χ2v) is 5.90. The number of esters is 1. The minimum absolute atomic E-state index is 0.316. The Morgan fingerprint density at radius 1 is 1.00 bits per heavy atom. The fraction of sp³-hybridized carbons (Fsp3) is 0.250. The van der Waals surface area contributed by atoms with Crippen molar-refractivity contribution >= 4 is 5.97 Å². The number of methoxy groups -OCH3 is 1. The molecule has 0 amide bonds. The summed E-state index contributed by atoms with van der Waals surface area (Å²) in [6, 6.07) is 19.6. The number of aryl methyl sites for hydroxylation is 2. The Balaban J connectivity index is 1.71. The van der Waals surface area contributed by atoms with Gasteiger partial charge in [-0.2, -0.15) is 0 Å². The van der Waals surface area contributed by atoms with Crippen molar-refractivity contribution in [3.05, 3.63) is 83.7 Å². The van der Waals surface area contributed by atoms with E-state index in [0.717, 1.165) is 24.1 Å². The van der Waals surface area contributed by atoms with E-state index < -0.39 is 6.04 Å². The first kappa shape index (κ1) is 16.9. The number of benzene rings is 2. The molecule has 3 aromatic rings. The first-order valence-corrected chi connectivity index (χ1v) is 8.32. The van der Waals surface area contributed by atoms with Crippen LogP contribution in [-0.4, -0.2) is 28.1 Å². The monoisotopic (exact) mass is 335 g/mol. The van der Waals surface area contributed by atoms with E-state index in [1.54, 1.807) is 4.68 Å². The third kappa shape index (κ3) is 4.53. The van der Waals surface area contributed by atoms with Crippen LogP contribution in [0.1, 0.15) is 22.9 Å². The molecule has 3 rings (SSSR count). The van der Waals surface area contributed by atoms with Crippen LogP contribution < -0.4 is 0 Å². The standard InChI is InChI=1S/C20H21N3O2/c1-25-20(24)19(14-17-10-6-3-7-11-17)23-15-18(21-22-23)13-12-16-8-4-2-5-9-16/h2-11,15,19H,12-14H2,1H3/t19-/m0/s1. The SMILES string of the molecule is COC(=O)[C@H](Cc1ccccc1)n1cc(CCc2ccccc2)nn1. The number of ether oxygens (including phenoxy) is 1. The third-order valence-electron chi connectivity index (χ3n) is 4.13. The van der Waals surface area contributed by atoms with Crippen LogP contribution in [0.15, 0.2) is 66.9 Å². The molecule has 0 radical (unpaired) electrons. The number of hydrogen-bond donors (Lipinski definition) is 0. The number of rotatable bonds is 7. The smallest absolute Gasteiger partial charge is 0.331 e. The van der Waals surface area contributed by atoms with Gasteiger partial charge < -0.3 is 4.74 Å². The largest absolute Gasteiger partial charge is 0.467 e. The average Bonchev–Trinajstić information content (AvgIpc) is 3.14. The maximum Gasteiger partial charge on any atom is 0.331 e. The van der Waals surface area contributed by atoms with Crippen LogP contribution in [0.5, 0.6) is 0 Å². The molecular weight excluding hydrogens is 314 g/mol. The van der Waals surface area contributed by atoms with Gasteiger partial charge in [0.05, 0.1) is 12.8 Å². The molecule has 128 valence electrons. The second kappa shape index (κ2) is 8.24. The summed E-state index contributed by atoms with van der Waals surface area (Å²) in [4.78, 5) is 12.2. The lowest BCUT2D eigenvalue weighted by Crippen LogP contribution is -2.23. The van der Waals surface area contributed by atoms with E-state index >= 15 is 0 Å². The van der Waals surface area contributed by atoms with Crippen molar-refractivity contribution in [1.82, 2.24) is 15.0 Å². The van der Waals surface area contributed by atoms with Crippen LogP contribution in [-0.2, 0) is 28.8 Å². The van der Waals surface area contributed by atoms with E-state index in [4.69, 9.17) is 4.74 Å². The molecule has 1 heterocycles. The van der Waals surface area contributed by atoms with Crippen LogP contribution >= 0.6 is 0 Å². The minimum Gasteiger partial charge on any atom is -0.467 e. The zero-order chi connectivity index (χ0) is 17.5. The van der Waals surface area contributed by atoms with Crippen molar-refractivity contribution < 1.29 is 9.53 Å². The topological polar surface area (TPSA) is 57.0 Å². The second-order valence-electron chi connectivity index (χ2n) is 5.90. The quantitative estimate of drug-likeness (QED) is 0.623. The van der Waals surface area contributed by atoms with Crippen LogP contribution in [0, 0.1) is 0 Å². The molecule has 0 spiro atoms. The molecule has 0 fully saturated rings. The van der Waals surface area contributed by atoms with Crippen LogP contribution in [0.3, 0.4) is 0 Å². The Hall–Kier alpha value is -2.95. The fourth-order valence-corrected chi connectivity index (χ4v) is 2.76. The Morgan fingerprint density at radius 3 is 2.28 bits per heavy atom. The first-order chi connectivity index (χ1) is 12.3. The fourth-order valence-electron chi connectivity index (χ4n) is 2.76. The molecule has 5 nitrogen and oxygen atoms in total. The van der Waals surface area contributed by atoms with Gasteiger partial charge in [-0.3, -0.25) is 0 Å². The number of hydrogen-bond acceptors (Lipinski definition) is 4. The molecule has 0 saturated heterocycles. The lowest BCUT2D eigenvalue weighted by atomic mass is 10.1. The van der Waals surface area contributed by atoms with Crippen molar-refractivity contribution in [2.45, 2.75) is 25.3 Å².